The van der Waals surface area contributed by atoms with Crippen LogP contribution in [0.2, 0.25) is 0 Å². The fraction of sp³-hybridized carbons (Fsp3) is 0.500. The Kier molecular flexibility index (Phi) is 6.36. The van der Waals surface area contributed by atoms with E-state index in [0.29, 0.717) is 18.4 Å². The first kappa shape index (κ1) is 20.6. The molecule has 0 aliphatic carbocycles. The third kappa shape index (κ3) is 4.35. The van der Waals surface area contributed by atoms with Crippen molar-refractivity contribution in [1.82, 2.24) is 10.2 Å². The summed E-state index contributed by atoms with van der Waals surface area (Å²) in [5.74, 6) is -1.56. The van der Waals surface area contributed by atoms with Gasteiger partial charge in [-0.2, -0.15) is 0 Å². The molecule has 0 bridgehead atoms. The van der Waals surface area contributed by atoms with Crippen molar-refractivity contribution in [1.29, 1.82) is 0 Å². The molecule has 7 nitrogen and oxygen atoms in total. The van der Waals surface area contributed by atoms with Crippen molar-refractivity contribution in [3.05, 3.63) is 34.9 Å². The predicted molar refractivity (Wildman–Crippen MR) is 99.4 cm³/mol. The monoisotopic (exact) mass is 374 g/mol. The van der Waals surface area contributed by atoms with E-state index in [0.717, 1.165) is 22.4 Å². The van der Waals surface area contributed by atoms with Gasteiger partial charge in [-0.1, -0.05) is 32.9 Å². The van der Waals surface area contributed by atoms with Crippen LogP contribution in [0.25, 0.3) is 0 Å². The quantitative estimate of drug-likeness (QED) is 0.428. The Balaban J connectivity index is 1.99. The van der Waals surface area contributed by atoms with Crippen LogP contribution in [0.3, 0.4) is 0 Å². The van der Waals surface area contributed by atoms with Crippen LogP contribution in [0.4, 0.5) is 4.79 Å². The number of amides is 3. The summed E-state index contributed by atoms with van der Waals surface area (Å²) < 4.78 is 5.03. The van der Waals surface area contributed by atoms with Crippen LogP contribution in [-0.2, 0) is 27.2 Å². The van der Waals surface area contributed by atoms with E-state index >= 15 is 0 Å². The molecule has 1 atom stereocenters. The Hall–Kier alpha value is -2.70. The van der Waals surface area contributed by atoms with Gasteiger partial charge in [0.1, 0.15) is 12.1 Å². The van der Waals surface area contributed by atoms with Crippen molar-refractivity contribution in [3.63, 3.8) is 0 Å². The summed E-state index contributed by atoms with van der Waals surface area (Å²) >= 11 is 0. The second-order valence-electron chi connectivity index (χ2n) is 6.79. The van der Waals surface area contributed by atoms with Crippen LogP contribution in [0.15, 0.2) is 18.2 Å². The van der Waals surface area contributed by atoms with Crippen molar-refractivity contribution < 1.29 is 23.9 Å². The lowest BCUT2D eigenvalue weighted by molar-refractivity contribution is -0.146. The molecule has 1 heterocycles. The van der Waals surface area contributed by atoms with Crippen molar-refractivity contribution in [3.8, 4) is 0 Å². The van der Waals surface area contributed by atoms with Crippen LogP contribution in [0.1, 0.15) is 55.6 Å². The first-order valence-corrected chi connectivity index (χ1v) is 9.20. The summed E-state index contributed by atoms with van der Waals surface area (Å²) in [5.41, 5.74) is 1.45. The molecular formula is C20H26N2O5. The SMILES string of the molecule is CCc1ccc(CC)c(C(=O)COC(=O)CN2C(=O)NC(C)(CC)C2=O)c1. The first-order chi connectivity index (χ1) is 12.8. The van der Waals surface area contributed by atoms with Gasteiger partial charge in [-0.25, -0.2) is 4.79 Å². The molecule has 0 saturated carbocycles. The Morgan fingerprint density at radius 2 is 1.85 bits per heavy atom. The number of rotatable bonds is 8. The van der Waals surface area contributed by atoms with E-state index < -0.39 is 36.6 Å². The van der Waals surface area contributed by atoms with E-state index in [9.17, 15) is 19.2 Å². The van der Waals surface area contributed by atoms with Crippen molar-refractivity contribution >= 4 is 23.7 Å². The number of carbonyl (C=O) groups excluding carboxylic acids is 4. The Labute approximate surface area is 159 Å². The number of esters is 1. The summed E-state index contributed by atoms with van der Waals surface area (Å²) in [4.78, 5) is 49.6. The van der Waals surface area contributed by atoms with Crippen LogP contribution in [0.5, 0.6) is 0 Å². The number of nitrogens with zero attached hydrogens (tertiary/aromatic N) is 1. The fourth-order valence-electron chi connectivity index (χ4n) is 2.94. The molecule has 27 heavy (non-hydrogen) atoms. The van der Waals surface area contributed by atoms with Gasteiger partial charge < -0.3 is 10.1 Å². The lowest BCUT2D eigenvalue weighted by Gasteiger charge is -2.18. The highest BCUT2D eigenvalue weighted by atomic mass is 16.5. The molecule has 1 aliphatic heterocycles. The van der Waals surface area contributed by atoms with Gasteiger partial charge in [0, 0.05) is 5.56 Å². The number of urea groups is 1. The second kappa shape index (κ2) is 8.33. The molecule has 146 valence electrons. The number of hydrogen-bond donors (Lipinski definition) is 1. The van der Waals surface area contributed by atoms with Crippen molar-refractivity contribution in [2.75, 3.05) is 13.2 Å². The smallest absolute Gasteiger partial charge is 0.326 e. The lowest BCUT2D eigenvalue weighted by atomic mass is 9.98. The number of imide groups is 1. The molecule has 1 unspecified atom stereocenters. The zero-order valence-electron chi connectivity index (χ0n) is 16.3. The van der Waals surface area contributed by atoms with E-state index in [-0.39, 0.29) is 5.78 Å². The van der Waals surface area contributed by atoms with Crippen LogP contribution in [-0.4, -0.2) is 47.3 Å². The largest absolute Gasteiger partial charge is 0.456 e. The predicted octanol–water partition coefficient (Wildman–Crippen LogP) is 2.26. The molecule has 1 N–H and O–H groups in total. The van der Waals surface area contributed by atoms with Crippen molar-refractivity contribution in [2.45, 2.75) is 52.5 Å². The molecule has 0 spiro atoms. The van der Waals surface area contributed by atoms with Crippen LogP contribution < -0.4 is 5.32 Å². The minimum absolute atomic E-state index is 0.300. The van der Waals surface area contributed by atoms with E-state index in [1.807, 2.05) is 32.0 Å². The van der Waals surface area contributed by atoms with Crippen molar-refractivity contribution in [2.24, 2.45) is 0 Å². The highest BCUT2D eigenvalue weighted by Crippen LogP contribution is 2.20. The summed E-state index contributed by atoms with van der Waals surface area (Å²) in [7, 11) is 0. The average Bonchev–Trinajstić information content (AvgIpc) is 2.89. The number of ether oxygens (including phenoxy) is 1. The summed E-state index contributed by atoms with van der Waals surface area (Å²) in [6, 6.07) is 5.08. The van der Waals surface area contributed by atoms with E-state index in [4.69, 9.17) is 4.74 Å². The molecule has 1 fully saturated rings. The summed E-state index contributed by atoms with van der Waals surface area (Å²) in [6.07, 6.45) is 1.90. The number of carbonyl (C=O) groups is 4. The Morgan fingerprint density at radius 1 is 1.15 bits per heavy atom. The molecule has 0 aromatic heterocycles. The zero-order chi connectivity index (χ0) is 20.2. The van der Waals surface area contributed by atoms with Gasteiger partial charge in [0.05, 0.1) is 0 Å². The molecule has 3 amide bonds. The molecule has 1 aliphatic rings. The molecule has 2 rings (SSSR count). The van der Waals surface area contributed by atoms with Crippen LogP contribution >= 0.6 is 0 Å². The average molecular weight is 374 g/mol. The second-order valence-corrected chi connectivity index (χ2v) is 6.79. The van der Waals surface area contributed by atoms with Crippen LogP contribution in [0, 0.1) is 0 Å². The first-order valence-electron chi connectivity index (χ1n) is 9.20. The Morgan fingerprint density at radius 3 is 2.41 bits per heavy atom. The summed E-state index contributed by atoms with van der Waals surface area (Å²) in [6.45, 7) is 6.39. The Bertz CT molecular complexity index is 774. The maximum absolute atomic E-state index is 12.5. The minimum Gasteiger partial charge on any atom is -0.456 e. The number of benzene rings is 1. The van der Waals surface area contributed by atoms with Gasteiger partial charge in [-0.05, 0) is 43.4 Å². The molecule has 1 saturated heterocycles. The number of aryl methyl sites for hydroxylation is 2. The van der Waals surface area contributed by atoms with Gasteiger partial charge in [0.25, 0.3) is 5.91 Å². The molecule has 1 aromatic rings. The number of Topliss-reactive ketones (excluding diaryl/α,β-unsaturated/α-hetero) is 1. The van der Waals surface area contributed by atoms with Gasteiger partial charge >= 0.3 is 12.0 Å². The number of ketones is 1. The highest BCUT2D eigenvalue weighted by molar-refractivity contribution is 6.08. The lowest BCUT2D eigenvalue weighted by Crippen LogP contribution is -2.43. The molecule has 1 aromatic carbocycles. The van der Waals surface area contributed by atoms with E-state index in [2.05, 4.69) is 5.32 Å². The topological polar surface area (TPSA) is 92.8 Å². The molecular weight excluding hydrogens is 348 g/mol. The normalized spacial score (nSPS) is 19.2. The molecule has 0 radical (unpaired) electrons. The van der Waals surface area contributed by atoms with E-state index in [1.54, 1.807) is 13.8 Å². The van der Waals surface area contributed by atoms with Gasteiger partial charge in [0.2, 0.25) is 5.78 Å². The maximum Gasteiger partial charge on any atom is 0.326 e. The third-order valence-electron chi connectivity index (χ3n) is 4.97. The fourth-order valence-corrected chi connectivity index (χ4v) is 2.94. The highest BCUT2D eigenvalue weighted by Gasteiger charge is 2.47. The maximum atomic E-state index is 12.5. The molecule has 7 heteroatoms. The number of hydrogen-bond acceptors (Lipinski definition) is 5. The minimum atomic E-state index is -1.01. The van der Waals surface area contributed by atoms with Gasteiger partial charge in [-0.15, -0.1) is 0 Å². The zero-order valence-corrected chi connectivity index (χ0v) is 16.3. The standard InChI is InChI=1S/C20H26N2O5/c1-5-13-8-9-14(6-2)15(10-13)16(23)12-27-17(24)11-22-18(25)20(4,7-3)21-19(22)26/h8-10H,5-7,11-12H2,1-4H3,(H,21,26). The third-order valence-corrected chi connectivity index (χ3v) is 4.97. The summed E-state index contributed by atoms with van der Waals surface area (Å²) in [5, 5.41) is 2.57. The number of nitrogens with one attached hydrogen (secondary N) is 1. The van der Waals surface area contributed by atoms with E-state index in [1.165, 1.54) is 0 Å². The van der Waals surface area contributed by atoms with Gasteiger partial charge in [-0.3, -0.25) is 19.3 Å². The van der Waals surface area contributed by atoms with Gasteiger partial charge in [0.15, 0.2) is 6.61 Å².